The second-order valence-electron chi connectivity index (χ2n) is 5.88. The molecule has 0 aliphatic heterocycles. The molecule has 0 atom stereocenters. The summed E-state index contributed by atoms with van der Waals surface area (Å²) in [7, 11) is 0. The van der Waals surface area contributed by atoms with Crippen LogP contribution < -0.4 is 4.90 Å². The summed E-state index contributed by atoms with van der Waals surface area (Å²) in [5.74, 6) is 1.82. The van der Waals surface area contributed by atoms with Crippen molar-refractivity contribution in [2.45, 2.75) is 33.6 Å². The fourth-order valence-electron chi connectivity index (χ4n) is 2.85. The van der Waals surface area contributed by atoms with Gasteiger partial charge in [-0.15, -0.1) is 0 Å². The van der Waals surface area contributed by atoms with Gasteiger partial charge in [0.1, 0.15) is 11.5 Å². The second-order valence-corrected chi connectivity index (χ2v) is 5.88. The zero-order chi connectivity index (χ0) is 16.2. The van der Waals surface area contributed by atoms with Crippen LogP contribution in [0.5, 0.6) is 0 Å². The Labute approximate surface area is 137 Å². The van der Waals surface area contributed by atoms with E-state index < -0.39 is 0 Å². The molecule has 1 aromatic carbocycles. The highest BCUT2D eigenvalue weighted by atomic mass is 15.2. The lowest BCUT2D eigenvalue weighted by Gasteiger charge is -2.23. The number of anilines is 1. The van der Waals surface area contributed by atoms with E-state index >= 15 is 0 Å². The van der Waals surface area contributed by atoms with Crippen LogP contribution in [-0.2, 0) is 0 Å². The molecule has 0 spiro atoms. The fraction of sp³-hybridized carbons (Fsp3) is 0.368. The quantitative estimate of drug-likeness (QED) is 0.726. The Morgan fingerprint density at radius 2 is 1.87 bits per heavy atom. The van der Waals surface area contributed by atoms with E-state index in [4.69, 9.17) is 9.97 Å². The van der Waals surface area contributed by atoms with E-state index in [0.29, 0.717) is 0 Å². The molecule has 0 unspecified atom stereocenters. The number of aryl methyl sites for hydroxylation is 1. The van der Waals surface area contributed by atoms with Crippen molar-refractivity contribution in [3.05, 3.63) is 42.1 Å². The normalized spacial score (nSPS) is 11.1. The summed E-state index contributed by atoms with van der Waals surface area (Å²) in [5.41, 5.74) is 3.09. The minimum Gasteiger partial charge on any atom is -0.356 e. The first-order valence-electron chi connectivity index (χ1n) is 8.40. The molecule has 0 aliphatic rings. The highest BCUT2D eigenvalue weighted by Crippen LogP contribution is 2.28. The standard InChI is InChI=1S/C19H24N4/c1-4-6-12-23(5-2)19-16-13-14(3)20-18(16)21-17(22-19)15-10-8-7-9-11-15/h7-11,13H,4-6,12H2,1-3H3,(H,20,21,22). The number of aromatic amines is 1. The molecule has 120 valence electrons. The Balaban J connectivity index is 2.14. The van der Waals surface area contributed by atoms with Crippen molar-refractivity contribution in [1.29, 1.82) is 0 Å². The van der Waals surface area contributed by atoms with Crippen LogP contribution >= 0.6 is 0 Å². The van der Waals surface area contributed by atoms with Gasteiger partial charge >= 0.3 is 0 Å². The number of nitrogens with one attached hydrogen (secondary N) is 1. The van der Waals surface area contributed by atoms with E-state index in [-0.39, 0.29) is 0 Å². The fourth-order valence-corrected chi connectivity index (χ4v) is 2.85. The number of hydrogen-bond acceptors (Lipinski definition) is 3. The van der Waals surface area contributed by atoms with Crippen molar-refractivity contribution < 1.29 is 0 Å². The predicted molar refractivity (Wildman–Crippen MR) is 96.9 cm³/mol. The Bertz CT molecular complexity index is 777. The lowest BCUT2D eigenvalue weighted by atomic mass is 10.2. The van der Waals surface area contributed by atoms with Crippen molar-refractivity contribution in [3.8, 4) is 11.4 Å². The summed E-state index contributed by atoms with van der Waals surface area (Å²) in [5, 5.41) is 1.11. The van der Waals surface area contributed by atoms with Crippen LogP contribution in [0, 0.1) is 6.92 Å². The molecule has 4 nitrogen and oxygen atoms in total. The SMILES string of the molecule is CCCCN(CC)c1nc(-c2ccccc2)nc2[nH]c(C)cc12. The average Bonchev–Trinajstić information content (AvgIpc) is 2.96. The van der Waals surface area contributed by atoms with E-state index in [9.17, 15) is 0 Å². The van der Waals surface area contributed by atoms with Crippen LogP contribution in [0.25, 0.3) is 22.4 Å². The molecule has 3 aromatic rings. The molecule has 0 saturated heterocycles. The van der Waals surface area contributed by atoms with E-state index in [0.717, 1.165) is 47.0 Å². The van der Waals surface area contributed by atoms with Crippen LogP contribution in [0.3, 0.4) is 0 Å². The van der Waals surface area contributed by atoms with Gasteiger partial charge in [0.25, 0.3) is 0 Å². The molecule has 2 aromatic heterocycles. The molecule has 1 N–H and O–H groups in total. The first kappa shape index (κ1) is 15.5. The van der Waals surface area contributed by atoms with E-state index in [1.54, 1.807) is 0 Å². The molecular weight excluding hydrogens is 284 g/mol. The molecule has 0 fully saturated rings. The minimum atomic E-state index is 0.782. The van der Waals surface area contributed by atoms with Gasteiger partial charge in [0.2, 0.25) is 0 Å². The molecule has 2 heterocycles. The molecule has 3 rings (SSSR count). The number of nitrogens with zero attached hydrogens (tertiary/aromatic N) is 3. The van der Waals surface area contributed by atoms with Crippen LogP contribution in [0.1, 0.15) is 32.4 Å². The third-order valence-electron chi connectivity index (χ3n) is 4.10. The molecule has 0 amide bonds. The van der Waals surface area contributed by atoms with Crippen LogP contribution in [0.2, 0.25) is 0 Å². The molecule has 0 bridgehead atoms. The summed E-state index contributed by atoms with van der Waals surface area (Å²) in [6.07, 6.45) is 2.35. The van der Waals surface area contributed by atoms with E-state index in [1.165, 1.54) is 12.8 Å². The highest BCUT2D eigenvalue weighted by Gasteiger charge is 2.15. The van der Waals surface area contributed by atoms with Gasteiger partial charge in [-0.3, -0.25) is 0 Å². The molecule has 4 heteroatoms. The van der Waals surface area contributed by atoms with Gasteiger partial charge in [-0.2, -0.15) is 0 Å². The Morgan fingerprint density at radius 3 is 2.57 bits per heavy atom. The number of benzene rings is 1. The Kier molecular flexibility index (Phi) is 4.60. The topological polar surface area (TPSA) is 44.8 Å². The zero-order valence-electron chi connectivity index (χ0n) is 14.1. The maximum Gasteiger partial charge on any atom is 0.163 e. The maximum absolute atomic E-state index is 4.90. The smallest absolute Gasteiger partial charge is 0.163 e. The summed E-state index contributed by atoms with van der Waals surface area (Å²) < 4.78 is 0. The summed E-state index contributed by atoms with van der Waals surface area (Å²) in [6, 6.07) is 12.3. The Hall–Kier alpha value is -2.36. The van der Waals surface area contributed by atoms with Gasteiger partial charge in [0.05, 0.1) is 5.39 Å². The van der Waals surface area contributed by atoms with Crippen molar-refractivity contribution in [2.24, 2.45) is 0 Å². The second kappa shape index (κ2) is 6.82. The van der Waals surface area contributed by atoms with Crippen molar-refractivity contribution >= 4 is 16.9 Å². The van der Waals surface area contributed by atoms with Crippen molar-refractivity contribution in [1.82, 2.24) is 15.0 Å². The molecular formula is C19H24N4. The molecule has 0 saturated carbocycles. The minimum absolute atomic E-state index is 0.782. The number of rotatable bonds is 6. The third kappa shape index (κ3) is 3.21. The first-order chi connectivity index (χ1) is 11.2. The number of unbranched alkanes of at least 4 members (excludes halogenated alkanes) is 1. The molecule has 23 heavy (non-hydrogen) atoms. The number of aromatic nitrogens is 3. The predicted octanol–water partition coefficient (Wildman–Crippen LogP) is 4.56. The molecule has 0 aliphatic carbocycles. The summed E-state index contributed by atoms with van der Waals surface area (Å²) >= 11 is 0. The van der Waals surface area contributed by atoms with Gasteiger partial charge in [-0.25, -0.2) is 9.97 Å². The van der Waals surface area contributed by atoms with Crippen LogP contribution in [-0.4, -0.2) is 28.0 Å². The summed E-state index contributed by atoms with van der Waals surface area (Å²) in [4.78, 5) is 15.4. The van der Waals surface area contributed by atoms with E-state index in [1.807, 2.05) is 18.2 Å². The zero-order valence-corrected chi connectivity index (χ0v) is 14.1. The lowest BCUT2D eigenvalue weighted by molar-refractivity contribution is 0.726. The number of fused-ring (bicyclic) bond motifs is 1. The summed E-state index contributed by atoms with van der Waals surface area (Å²) in [6.45, 7) is 8.45. The highest BCUT2D eigenvalue weighted by molar-refractivity contribution is 5.90. The van der Waals surface area contributed by atoms with Crippen molar-refractivity contribution in [2.75, 3.05) is 18.0 Å². The van der Waals surface area contributed by atoms with Gasteiger partial charge < -0.3 is 9.88 Å². The lowest BCUT2D eigenvalue weighted by Crippen LogP contribution is -2.25. The van der Waals surface area contributed by atoms with Crippen LogP contribution in [0.15, 0.2) is 36.4 Å². The van der Waals surface area contributed by atoms with Gasteiger partial charge in [0, 0.05) is 24.3 Å². The van der Waals surface area contributed by atoms with Crippen LogP contribution in [0.4, 0.5) is 5.82 Å². The number of hydrogen-bond donors (Lipinski definition) is 1. The van der Waals surface area contributed by atoms with E-state index in [2.05, 4.69) is 48.9 Å². The molecule has 0 radical (unpaired) electrons. The monoisotopic (exact) mass is 308 g/mol. The van der Waals surface area contributed by atoms with Gasteiger partial charge in [0.15, 0.2) is 5.82 Å². The Morgan fingerprint density at radius 1 is 1.09 bits per heavy atom. The first-order valence-corrected chi connectivity index (χ1v) is 8.40. The number of H-pyrrole nitrogens is 1. The maximum atomic E-state index is 4.90. The van der Waals surface area contributed by atoms with Gasteiger partial charge in [-0.05, 0) is 26.3 Å². The third-order valence-corrected chi connectivity index (χ3v) is 4.10. The largest absolute Gasteiger partial charge is 0.356 e. The van der Waals surface area contributed by atoms with Crippen molar-refractivity contribution in [3.63, 3.8) is 0 Å². The van der Waals surface area contributed by atoms with Gasteiger partial charge in [-0.1, -0.05) is 43.7 Å². The average molecular weight is 308 g/mol.